The molecule has 0 spiro atoms. The van der Waals surface area contributed by atoms with Gasteiger partial charge >= 0.3 is 5.97 Å². The Morgan fingerprint density at radius 1 is 0.500 bits per heavy atom. The summed E-state index contributed by atoms with van der Waals surface area (Å²) in [6.07, 6.45) is 33.7. The number of nitrogens with one attached hydrogen (secondary N) is 2. The molecule has 102 heavy (non-hydrogen) atoms. The van der Waals surface area contributed by atoms with E-state index in [1.54, 1.807) is 0 Å². The highest BCUT2D eigenvalue weighted by Gasteiger charge is 2.60. The van der Waals surface area contributed by atoms with Gasteiger partial charge in [-0.3, -0.25) is 9.59 Å². The number of aliphatic carboxylic acids is 1. The van der Waals surface area contributed by atoms with Crippen molar-refractivity contribution in [1.29, 1.82) is 0 Å². The molecule has 3 fully saturated rings. The van der Waals surface area contributed by atoms with Crippen molar-refractivity contribution in [3.8, 4) is 0 Å². The molecule has 14 N–H and O–H groups in total. The first-order valence-electron chi connectivity index (χ1n) is 41.0. The van der Waals surface area contributed by atoms with Gasteiger partial charge in [0.2, 0.25) is 11.8 Å². The van der Waals surface area contributed by atoms with Crippen molar-refractivity contribution < 1.29 is 104 Å². The van der Waals surface area contributed by atoms with Crippen molar-refractivity contribution in [1.82, 2.24) is 10.6 Å². The maximum atomic E-state index is 13.5. The summed E-state index contributed by atoms with van der Waals surface area (Å²) in [5, 5.41) is 136. The number of allylic oxidation sites excluding steroid dienone is 2. The van der Waals surface area contributed by atoms with Crippen LogP contribution in [0.15, 0.2) is 12.2 Å². The molecule has 3 heterocycles. The van der Waals surface area contributed by atoms with E-state index in [2.05, 4.69) is 36.6 Å². The predicted octanol–water partition coefficient (Wildman–Crippen LogP) is 11.0. The SMILES string of the molecule is CCCCCCCCCCCCCC/C=C\CCCCCCCCCCCCCCCCCCCC(=O)NC(COC1OC(CO)C(OC2OC(CO)C(O)C(OC3(C(=O)O)CC(O)C(NC(C)=O)C(C(O)C(O)CO)O3)C2O)C(O)C1O)C(O)CCCCCCCCCCCCCCCCC. The first kappa shape index (κ1) is 93.7. The van der Waals surface area contributed by atoms with Gasteiger partial charge in [-0.25, -0.2) is 4.79 Å². The molecule has 0 aromatic heterocycles. The van der Waals surface area contributed by atoms with E-state index in [0.29, 0.717) is 19.3 Å². The number of unbranched alkanes of at least 4 members (excludes halogenated alkanes) is 43. The Morgan fingerprint density at radius 3 is 1.32 bits per heavy atom. The molecule has 3 aliphatic rings. The molecule has 23 nitrogen and oxygen atoms in total. The second-order valence-electron chi connectivity index (χ2n) is 30.0. The Bertz CT molecular complexity index is 2080. The van der Waals surface area contributed by atoms with Crippen LogP contribution in [-0.4, -0.2) is 215 Å². The molecule has 0 aliphatic carbocycles. The molecular weight excluding hydrogens is 1310 g/mol. The number of ether oxygens (including phenoxy) is 6. The minimum absolute atomic E-state index is 0.227. The van der Waals surface area contributed by atoms with E-state index in [1.165, 1.54) is 231 Å². The third kappa shape index (κ3) is 38.5. The fourth-order valence-corrected chi connectivity index (χ4v) is 14.5. The molecular formula is C79H148N2O21. The Labute approximate surface area is 613 Å². The summed E-state index contributed by atoms with van der Waals surface area (Å²) in [5.74, 6) is -6.09. The quantitative estimate of drug-likeness (QED) is 0.0199. The molecule has 3 aliphatic heterocycles. The average Bonchev–Trinajstić information content (AvgIpc) is 0.756. The molecule has 3 saturated heterocycles. The zero-order valence-electron chi connectivity index (χ0n) is 63.5. The van der Waals surface area contributed by atoms with Gasteiger partial charge in [0.15, 0.2) is 12.6 Å². The maximum Gasteiger partial charge on any atom is 0.364 e. The monoisotopic (exact) mass is 1460 g/mol. The number of rotatable bonds is 65. The summed E-state index contributed by atoms with van der Waals surface area (Å²) in [6.45, 7) is 2.25. The van der Waals surface area contributed by atoms with Crippen LogP contribution >= 0.6 is 0 Å². The van der Waals surface area contributed by atoms with Gasteiger partial charge in [0, 0.05) is 19.8 Å². The highest BCUT2D eigenvalue weighted by Crippen LogP contribution is 2.39. The standard InChI is InChI=1S/C79H148N2O21/c1-4-6-8-10-12-14-16-18-20-21-22-23-24-25-26-27-28-29-30-31-32-33-34-35-36-37-39-41-43-45-47-49-51-53-66(89)81-60(61(86)52-50-48-46-44-42-40-38-19-17-15-13-11-9-7-5-2)58-97-76-71(93)70(92)73(65(57-84)99-76)100-77-72(94)75(69(91)64(56-83)98-77)102-79(78(95)96)54-62(87)67(80-59(3)85)74(101-79)68(90)63(88)55-82/h25-26,60-65,67-77,82-84,86-88,90-94H,4-24,27-58H2,1-3H3,(H,80,85)(H,81,89)(H,95,96)/b26-25-. The van der Waals surface area contributed by atoms with Gasteiger partial charge in [0.25, 0.3) is 5.79 Å². The van der Waals surface area contributed by atoms with Crippen molar-refractivity contribution in [2.45, 2.75) is 445 Å². The lowest BCUT2D eigenvalue weighted by Gasteiger charge is -2.50. The van der Waals surface area contributed by atoms with E-state index in [9.17, 15) is 75.7 Å². The van der Waals surface area contributed by atoms with Crippen LogP contribution in [0.3, 0.4) is 0 Å². The van der Waals surface area contributed by atoms with Crippen molar-refractivity contribution >= 4 is 17.8 Å². The van der Waals surface area contributed by atoms with Crippen molar-refractivity contribution in [2.75, 3.05) is 26.4 Å². The maximum absolute atomic E-state index is 13.5. The first-order chi connectivity index (χ1) is 49.4. The van der Waals surface area contributed by atoms with Crippen LogP contribution < -0.4 is 10.6 Å². The third-order valence-corrected chi connectivity index (χ3v) is 21.0. The minimum atomic E-state index is -3.08. The van der Waals surface area contributed by atoms with Crippen LogP contribution in [0.1, 0.15) is 335 Å². The summed E-state index contributed by atoms with van der Waals surface area (Å²) >= 11 is 0. The molecule has 18 atom stereocenters. The lowest BCUT2D eigenvalue weighted by Crippen LogP contribution is -2.70. The highest BCUT2D eigenvalue weighted by atomic mass is 16.8. The molecule has 0 saturated carbocycles. The number of carbonyl (C=O) groups is 3. The average molecular weight is 1460 g/mol. The fourth-order valence-electron chi connectivity index (χ4n) is 14.5. The molecule has 0 bridgehead atoms. The zero-order valence-corrected chi connectivity index (χ0v) is 63.5. The Kier molecular flexibility index (Phi) is 53.7. The van der Waals surface area contributed by atoms with Crippen molar-refractivity contribution in [2.24, 2.45) is 0 Å². The third-order valence-electron chi connectivity index (χ3n) is 21.0. The normalized spacial score (nSPS) is 26.7. The lowest BCUT2D eigenvalue weighted by molar-refractivity contribution is -0.386. The van der Waals surface area contributed by atoms with E-state index in [-0.39, 0.29) is 18.9 Å². The first-order valence-corrected chi connectivity index (χ1v) is 41.0. The molecule has 2 amide bonds. The highest BCUT2D eigenvalue weighted by molar-refractivity contribution is 5.77. The number of hydrogen-bond donors (Lipinski definition) is 14. The van der Waals surface area contributed by atoms with E-state index < -0.39 is 148 Å². The lowest BCUT2D eigenvalue weighted by atomic mass is 9.88. The summed E-state index contributed by atoms with van der Waals surface area (Å²) in [6, 6.07) is -2.53. The molecule has 3 rings (SSSR count). The minimum Gasteiger partial charge on any atom is -0.477 e. The molecule has 0 aromatic carbocycles. The number of hydrogen-bond acceptors (Lipinski definition) is 20. The molecule has 23 heteroatoms. The zero-order chi connectivity index (χ0) is 74.6. The number of carbonyl (C=O) groups excluding carboxylic acids is 2. The molecule has 0 aromatic rings. The van der Waals surface area contributed by atoms with Gasteiger partial charge in [0.05, 0.1) is 50.7 Å². The van der Waals surface area contributed by atoms with Crippen LogP contribution in [0.2, 0.25) is 0 Å². The van der Waals surface area contributed by atoms with Gasteiger partial charge in [-0.1, -0.05) is 289 Å². The summed E-state index contributed by atoms with van der Waals surface area (Å²) in [5.41, 5.74) is 0. The second kappa shape index (κ2) is 58.5. The van der Waals surface area contributed by atoms with Gasteiger partial charge in [-0.15, -0.1) is 0 Å². The number of carboxylic acids is 1. The van der Waals surface area contributed by atoms with E-state index in [0.717, 1.165) is 58.3 Å². The van der Waals surface area contributed by atoms with Crippen LogP contribution in [0.4, 0.5) is 0 Å². The smallest absolute Gasteiger partial charge is 0.364 e. The molecule has 600 valence electrons. The second-order valence-corrected chi connectivity index (χ2v) is 30.0. The van der Waals surface area contributed by atoms with Gasteiger partial charge in [-0.2, -0.15) is 0 Å². The molecule has 0 radical (unpaired) electrons. The Hall–Kier alpha value is -2.53. The number of aliphatic hydroxyl groups is 11. The van der Waals surface area contributed by atoms with Gasteiger partial charge in [-0.05, 0) is 38.5 Å². The van der Waals surface area contributed by atoms with E-state index >= 15 is 0 Å². The van der Waals surface area contributed by atoms with E-state index in [1.807, 2.05) is 0 Å². The predicted molar refractivity (Wildman–Crippen MR) is 394 cm³/mol. The van der Waals surface area contributed by atoms with Crippen molar-refractivity contribution in [3.63, 3.8) is 0 Å². The summed E-state index contributed by atoms with van der Waals surface area (Å²) in [4.78, 5) is 38.7. The topological polar surface area (TPSA) is 373 Å². The van der Waals surface area contributed by atoms with Crippen LogP contribution in [-0.2, 0) is 42.8 Å². The number of carboxylic acid groups (broad SMARTS) is 1. The number of amides is 2. The summed E-state index contributed by atoms with van der Waals surface area (Å²) < 4.78 is 35.0. The number of aliphatic hydroxyl groups excluding tert-OH is 11. The van der Waals surface area contributed by atoms with Crippen molar-refractivity contribution in [3.05, 3.63) is 12.2 Å². The largest absolute Gasteiger partial charge is 0.477 e. The van der Waals surface area contributed by atoms with E-state index in [4.69, 9.17) is 28.4 Å². The van der Waals surface area contributed by atoms with Crippen LogP contribution in [0.5, 0.6) is 0 Å². The molecule has 18 unspecified atom stereocenters. The fraction of sp³-hybridized carbons (Fsp3) is 0.937. The van der Waals surface area contributed by atoms with Crippen LogP contribution in [0, 0.1) is 0 Å². The van der Waals surface area contributed by atoms with Gasteiger partial charge < -0.3 is 100 Å². The Morgan fingerprint density at radius 2 is 0.912 bits per heavy atom. The van der Waals surface area contributed by atoms with Crippen LogP contribution in [0.25, 0.3) is 0 Å². The van der Waals surface area contributed by atoms with Gasteiger partial charge in [0.1, 0.15) is 67.1 Å². The summed E-state index contributed by atoms with van der Waals surface area (Å²) in [7, 11) is 0. The Balaban J connectivity index is 1.45.